The largest absolute Gasteiger partial charge is 0.285 e. The summed E-state index contributed by atoms with van der Waals surface area (Å²) >= 11 is 11.7. The van der Waals surface area contributed by atoms with Crippen molar-refractivity contribution in [2.75, 3.05) is 0 Å². The fourth-order valence-electron chi connectivity index (χ4n) is 1.60. The summed E-state index contributed by atoms with van der Waals surface area (Å²) in [5.41, 5.74) is 2.03. The van der Waals surface area contributed by atoms with Gasteiger partial charge >= 0.3 is 0 Å². The third kappa shape index (κ3) is 2.93. The first-order chi connectivity index (χ1) is 8.06. The zero-order chi connectivity index (χ0) is 12.4. The molecule has 2 aromatic rings. The number of hydrogen-bond acceptors (Lipinski definition) is 1. The molecule has 0 saturated carbocycles. The van der Waals surface area contributed by atoms with E-state index in [1.807, 2.05) is 25.1 Å². The molecule has 1 heterocycles. The normalized spacial score (nSPS) is 10.8. The van der Waals surface area contributed by atoms with E-state index in [2.05, 4.69) is 5.10 Å². The van der Waals surface area contributed by atoms with Crippen molar-refractivity contribution in [1.82, 2.24) is 9.78 Å². The van der Waals surface area contributed by atoms with Gasteiger partial charge < -0.3 is 0 Å². The van der Waals surface area contributed by atoms with Crippen LogP contribution in [0.3, 0.4) is 0 Å². The number of nitrogens with one attached hydrogen (secondary N) is 1. The van der Waals surface area contributed by atoms with Gasteiger partial charge in [-0.05, 0) is 30.5 Å². The van der Waals surface area contributed by atoms with Crippen molar-refractivity contribution in [3.8, 4) is 0 Å². The molecular weight excluding hydrogens is 259 g/mol. The van der Waals surface area contributed by atoms with Gasteiger partial charge in [-0.2, -0.15) is 0 Å². The molecule has 3 nitrogen and oxygen atoms in total. The van der Waals surface area contributed by atoms with Crippen molar-refractivity contribution in [1.29, 1.82) is 0 Å². The molecule has 17 heavy (non-hydrogen) atoms. The van der Waals surface area contributed by atoms with E-state index in [4.69, 9.17) is 23.2 Å². The van der Waals surface area contributed by atoms with Crippen LogP contribution in [0.25, 0.3) is 0 Å². The Bertz CT molecular complexity index is 586. The van der Waals surface area contributed by atoms with Crippen LogP contribution in [-0.4, -0.2) is 9.78 Å². The molecule has 1 aromatic carbocycles. The van der Waals surface area contributed by atoms with Gasteiger partial charge in [0, 0.05) is 17.6 Å². The monoisotopic (exact) mass is 270 g/mol. The number of halogens is 2. The Labute approximate surface area is 109 Å². The number of benzene rings is 1. The number of aryl methyl sites for hydroxylation is 3. The number of rotatable bonds is 3. The summed E-state index contributed by atoms with van der Waals surface area (Å²) in [6, 6.07) is 7.27. The molecule has 0 aliphatic rings. The second-order valence-electron chi connectivity index (χ2n) is 3.93. The minimum Gasteiger partial charge on any atom is -0.285 e. The second-order valence-corrected chi connectivity index (χ2v) is 4.74. The van der Waals surface area contributed by atoms with Crippen molar-refractivity contribution in [3.63, 3.8) is 0 Å². The summed E-state index contributed by atoms with van der Waals surface area (Å²) in [5.74, 6) is 0. The smallest absolute Gasteiger partial charge is 0.268 e. The van der Waals surface area contributed by atoms with Crippen molar-refractivity contribution >= 4 is 23.2 Å². The molecular formula is C12H12Cl2N2O. The van der Waals surface area contributed by atoms with Gasteiger partial charge in [0.2, 0.25) is 0 Å². The summed E-state index contributed by atoms with van der Waals surface area (Å²) in [6.07, 6.45) is 0.733. The molecule has 2 rings (SSSR count). The van der Waals surface area contributed by atoms with Gasteiger partial charge in [0.25, 0.3) is 5.56 Å². The maximum atomic E-state index is 11.4. The molecule has 5 heteroatoms. The van der Waals surface area contributed by atoms with Gasteiger partial charge in [0.15, 0.2) is 0 Å². The molecule has 0 bridgehead atoms. The van der Waals surface area contributed by atoms with Gasteiger partial charge in [-0.15, -0.1) is 0 Å². The van der Waals surface area contributed by atoms with E-state index in [1.54, 1.807) is 0 Å². The minimum atomic E-state index is -0.117. The zero-order valence-corrected chi connectivity index (χ0v) is 10.8. The molecule has 1 N–H and O–H groups in total. The van der Waals surface area contributed by atoms with Crippen LogP contribution in [0, 0.1) is 6.92 Å². The van der Waals surface area contributed by atoms with Crippen molar-refractivity contribution in [2.24, 2.45) is 0 Å². The van der Waals surface area contributed by atoms with Crippen LogP contribution in [0.1, 0.15) is 11.1 Å². The summed E-state index contributed by atoms with van der Waals surface area (Å²) in [4.78, 5) is 11.4. The standard InChI is InChI=1S/C12H12Cl2N2O/c1-8-2-3-9(6-10(8)13)4-5-16-12(17)7-11(14)15-16/h2-3,6-7,15H,4-5H2,1H3. The van der Waals surface area contributed by atoms with E-state index in [0.717, 1.165) is 22.6 Å². The molecule has 0 amide bonds. The average Bonchev–Trinajstić information content (AvgIpc) is 2.59. The summed E-state index contributed by atoms with van der Waals surface area (Å²) in [6.45, 7) is 2.52. The van der Waals surface area contributed by atoms with E-state index in [1.165, 1.54) is 10.7 Å². The molecule has 0 aliphatic heterocycles. The van der Waals surface area contributed by atoms with Crippen LogP contribution < -0.4 is 5.56 Å². The topological polar surface area (TPSA) is 37.8 Å². The predicted octanol–water partition coefficient (Wildman–Crippen LogP) is 3.03. The highest BCUT2D eigenvalue weighted by atomic mass is 35.5. The average molecular weight is 271 g/mol. The van der Waals surface area contributed by atoms with Crippen LogP contribution in [0.15, 0.2) is 29.1 Å². The summed E-state index contributed by atoms with van der Waals surface area (Å²) in [7, 11) is 0. The number of nitrogens with zero attached hydrogens (tertiary/aromatic N) is 1. The van der Waals surface area contributed by atoms with Gasteiger partial charge in [-0.25, -0.2) is 0 Å². The molecule has 90 valence electrons. The Kier molecular flexibility index (Phi) is 3.60. The fourth-order valence-corrected chi connectivity index (χ4v) is 2.00. The first kappa shape index (κ1) is 12.3. The minimum absolute atomic E-state index is 0.117. The molecule has 0 unspecified atom stereocenters. The number of hydrogen-bond donors (Lipinski definition) is 1. The van der Waals surface area contributed by atoms with Crippen molar-refractivity contribution in [3.05, 3.63) is 55.9 Å². The van der Waals surface area contributed by atoms with Crippen LogP contribution in [0.5, 0.6) is 0 Å². The molecule has 1 aromatic heterocycles. The van der Waals surface area contributed by atoms with E-state index >= 15 is 0 Å². The fraction of sp³-hybridized carbons (Fsp3) is 0.250. The van der Waals surface area contributed by atoms with Gasteiger partial charge in [-0.1, -0.05) is 35.3 Å². The maximum Gasteiger partial charge on any atom is 0.268 e. The molecule has 0 fully saturated rings. The Balaban J connectivity index is 2.10. The Hall–Kier alpha value is -1.19. The van der Waals surface area contributed by atoms with Crippen molar-refractivity contribution < 1.29 is 0 Å². The van der Waals surface area contributed by atoms with Crippen LogP contribution in [0.4, 0.5) is 0 Å². The molecule has 0 spiro atoms. The maximum absolute atomic E-state index is 11.4. The Morgan fingerprint density at radius 3 is 2.65 bits per heavy atom. The van der Waals surface area contributed by atoms with Crippen molar-refractivity contribution in [2.45, 2.75) is 19.9 Å². The van der Waals surface area contributed by atoms with Crippen LogP contribution in [-0.2, 0) is 13.0 Å². The van der Waals surface area contributed by atoms with E-state index in [9.17, 15) is 4.79 Å². The highest BCUT2D eigenvalue weighted by Gasteiger charge is 2.02. The lowest BCUT2D eigenvalue weighted by Gasteiger charge is -2.04. The lowest BCUT2D eigenvalue weighted by molar-refractivity contribution is 0.597. The van der Waals surface area contributed by atoms with Crippen LogP contribution >= 0.6 is 23.2 Å². The second kappa shape index (κ2) is 4.98. The third-order valence-electron chi connectivity index (χ3n) is 2.62. The SMILES string of the molecule is Cc1ccc(CCn2[nH]c(Cl)cc2=O)cc1Cl. The van der Waals surface area contributed by atoms with Crippen LogP contribution in [0.2, 0.25) is 10.2 Å². The number of H-pyrrole nitrogens is 1. The van der Waals surface area contributed by atoms with Gasteiger partial charge in [0.05, 0.1) is 0 Å². The molecule has 0 atom stereocenters. The Morgan fingerprint density at radius 2 is 2.06 bits per heavy atom. The van der Waals surface area contributed by atoms with Gasteiger partial charge in [-0.3, -0.25) is 14.6 Å². The predicted molar refractivity (Wildman–Crippen MR) is 70.0 cm³/mol. The number of aromatic nitrogens is 2. The summed E-state index contributed by atoms with van der Waals surface area (Å²) in [5, 5.41) is 3.88. The highest BCUT2D eigenvalue weighted by molar-refractivity contribution is 6.31. The van der Waals surface area contributed by atoms with E-state index in [-0.39, 0.29) is 5.56 Å². The molecule has 0 aliphatic carbocycles. The first-order valence-electron chi connectivity index (χ1n) is 5.26. The lowest BCUT2D eigenvalue weighted by atomic mass is 10.1. The van der Waals surface area contributed by atoms with Gasteiger partial charge in [0.1, 0.15) is 5.15 Å². The zero-order valence-electron chi connectivity index (χ0n) is 9.34. The van der Waals surface area contributed by atoms with E-state index in [0.29, 0.717) is 11.7 Å². The first-order valence-corrected chi connectivity index (χ1v) is 6.02. The summed E-state index contributed by atoms with van der Waals surface area (Å²) < 4.78 is 1.48. The quantitative estimate of drug-likeness (QED) is 0.915. The number of aromatic amines is 1. The van der Waals surface area contributed by atoms with E-state index < -0.39 is 0 Å². The Morgan fingerprint density at radius 1 is 1.29 bits per heavy atom. The molecule has 0 radical (unpaired) electrons. The highest BCUT2D eigenvalue weighted by Crippen LogP contribution is 2.17. The third-order valence-corrected chi connectivity index (χ3v) is 3.22. The lowest BCUT2D eigenvalue weighted by Crippen LogP contribution is -2.17. The molecule has 0 saturated heterocycles.